The van der Waals surface area contributed by atoms with Crippen molar-refractivity contribution >= 4 is 9.84 Å². The van der Waals surface area contributed by atoms with E-state index in [-0.39, 0.29) is 6.04 Å². The van der Waals surface area contributed by atoms with E-state index in [1.165, 1.54) is 11.8 Å². The van der Waals surface area contributed by atoms with E-state index >= 15 is 0 Å². The summed E-state index contributed by atoms with van der Waals surface area (Å²) in [7, 11) is -3.06. The van der Waals surface area contributed by atoms with Gasteiger partial charge in [-0.3, -0.25) is 0 Å². The molecule has 0 aliphatic heterocycles. The minimum Gasteiger partial charge on any atom is -0.309 e. The molecule has 114 valence electrons. The quantitative estimate of drug-likeness (QED) is 0.841. The molecular weight excluding hydrogens is 270 g/mol. The van der Waals surface area contributed by atoms with Crippen molar-refractivity contribution in [1.29, 1.82) is 0 Å². The van der Waals surface area contributed by atoms with Gasteiger partial charge in [0.2, 0.25) is 0 Å². The molecule has 1 N–H and O–H groups in total. The van der Waals surface area contributed by atoms with Crippen LogP contribution in [0.2, 0.25) is 0 Å². The third kappa shape index (κ3) is 4.91. The van der Waals surface area contributed by atoms with Crippen LogP contribution in [0.15, 0.2) is 24.3 Å². The van der Waals surface area contributed by atoms with E-state index < -0.39 is 15.1 Å². The highest BCUT2D eigenvalue weighted by Crippen LogP contribution is 2.22. The second kappa shape index (κ2) is 7.23. The molecule has 0 aromatic heterocycles. The van der Waals surface area contributed by atoms with Crippen molar-refractivity contribution in [3.8, 4) is 0 Å². The lowest BCUT2D eigenvalue weighted by Crippen LogP contribution is -2.34. The summed E-state index contributed by atoms with van der Waals surface area (Å²) in [5.74, 6) is 0.625. The SMILES string of the molecule is CCNC(c1ccc(CC(C)C)cc1)C(C)S(C)(=O)=O. The summed E-state index contributed by atoms with van der Waals surface area (Å²) in [4.78, 5) is 0. The monoisotopic (exact) mass is 297 g/mol. The highest BCUT2D eigenvalue weighted by molar-refractivity contribution is 7.91. The van der Waals surface area contributed by atoms with Gasteiger partial charge in [-0.15, -0.1) is 0 Å². The Morgan fingerprint density at radius 2 is 1.65 bits per heavy atom. The first-order chi connectivity index (χ1) is 9.25. The summed E-state index contributed by atoms with van der Waals surface area (Å²) in [6.45, 7) is 8.90. The molecular formula is C16H27NO2S. The van der Waals surface area contributed by atoms with Gasteiger partial charge < -0.3 is 5.32 Å². The molecule has 0 radical (unpaired) electrons. The Morgan fingerprint density at radius 3 is 2.05 bits per heavy atom. The van der Waals surface area contributed by atoms with E-state index in [0.717, 1.165) is 18.5 Å². The van der Waals surface area contributed by atoms with Gasteiger partial charge in [-0.1, -0.05) is 45.0 Å². The molecule has 20 heavy (non-hydrogen) atoms. The minimum absolute atomic E-state index is 0.150. The molecule has 0 spiro atoms. The zero-order valence-electron chi connectivity index (χ0n) is 13.2. The van der Waals surface area contributed by atoms with Crippen molar-refractivity contribution in [1.82, 2.24) is 5.32 Å². The maximum Gasteiger partial charge on any atom is 0.151 e. The van der Waals surface area contributed by atoms with E-state index in [9.17, 15) is 8.42 Å². The Balaban J connectivity index is 2.98. The lowest BCUT2D eigenvalue weighted by atomic mass is 9.98. The minimum atomic E-state index is -3.06. The molecule has 0 fully saturated rings. The summed E-state index contributed by atoms with van der Waals surface area (Å²) >= 11 is 0. The topological polar surface area (TPSA) is 46.2 Å². The molecule has 1 rings (SSSR count). The Hall–Kier alpha value is -0.870. The van der Waals surface area contributed by atoms with Crippen molar-refractivity contribution in [2.24, 2.45) is 5.92 Å². The molecule has 0 heterocycles. The summed E-state index contributed by atoms with van der Waals surface area (Å²) in [5.41, 5.74) is 2.34. The summed E-state index contributed by atoms with van der Waals surface area (Å²) in [6.07, 6.45) is 2.35. The van der Waals surface area contributed by atoms with Gasteiger partial charge in [0.15, 0.2) is 9.84 Å². The number of benzene rings is 1. The van der Waals surface area contributed by atoms with Gasteiger partial charge in [0.25, 0.3) is 0 Å². The maximum absolute atomic E-state index is 11.8. The Morgan fingerprint density at radius 1 is 1.10 bits per heavy atom. The highest BCUT2D eigenvalue weighted by Gasteiger charge is 2.26. The fourth-order valence-corrected chi connectivity index (χ4v) is 3.10. The van der Waals surface area contributed by atoms with Crippen LogP contribution in [-0.2, 0) is 16.3 Å². The van der Waals surface area contributed by atoms with Gasteiger partial charge >= 0.3 is 0 Å². The van der Waals surface area contributed by atoms with Crippen LogP contribution in [0.4, 0.5) is 0 Å². The molecule has 0 saturated heterocycles. The van der Waals surface area contributed by atoms with Gasteiger partial charge in [-0.2, -0.15) is 0 Å². The van der Waals surface area contributed by atoms with Gasteiger partial charge in [-0.25, -0.2) is 8.42 Å². The number of nitrogens with one attached hydrogen (secondary N) is 1. The zero-order valence-corrected chi connectivity index (χ0v) is 14.0. The molecule has 0 saturated carbocycles. The first kappa shape index (κ1) is 17.2. The van der Waals surface area contributed by atoms with Crippen molar-refractivity contribution in [3.05, 3.63) is 35.4 Å². The van der Waals surface area contributed by atoms with Gasteiger partial charge in [0, 0.05) is 12.3 Å². The van der Waals surface area contributed by atoms with Crippen LogP contribution in [0.3, 0.4) is 0 Å². The summed E-state index contributed by atoms with van der Waals surface area (Å²) < 4.78 is 23.6. The number of sulfone groups is 1. The number of rotatable bonds is 7. The molecule has 0 bridgehead atoms. The molecule has 0 aliphatic rings. The van der Waals surface area contributed by atoms with Crippen molar-refractivity contribution in [2.75, 3.05) is 12.8 Å². The summed E-state index contributed by atoms with van der Waals surface area (Å²) in [6, 6.07) is 8.16. The zero-order chi connectivity index (χ0) is 15.3. The first-order valence-corrected chi connectivity index (χ1v) is 9.22. The predicted molar refractivity (Wildman–Crippen MR) is 85.7 cm³/mol. The fraction of sp³-hybridized carbons (Fsp3) is 0.625. The third-order valence-electron chi connectivity index (χ3n) is 3.55. The average molecular weight is 297 g/mol. The molecule has 4 heteroatoms. The van der Waals surface area contributed by atoms with E-state index in [1.54, 1.807) is 6.92 Å². The Labute approximate surface area is 123 Å². The van der Waals surface area contributed by atoms with Crippen molar-refractivity contribution in [2.45, 2.75) is 45.4 Å². The van der Waals surface area contributed by atoms with Gasteiger partial charge in [-0.05, 0) is 36.9 Å². The van der Waals surface area contributed by atoms with E-state index in [0.29, 0.717) is 5.92 Å². The van der Waals surface area contributed by atoms with Gasteiger partial charge in [0.1, 0.15) is 0 Å². The lowest BCUT2D eigenvalue weighted by molar-refractivity contribution is 0.513. The Kier molecular flexibility index (Phi) is 6.21. The highest BCUT2D eigenvalue weighted by atomic mass is 32.2. The van der Waals surface area contributed by atoms with E-state index in [1.807, 2.05) is 19.1 Å². The molecule has 3 nitrogen and oxygen atoms in total. The molecule has 0 aliphatic carbocycles. The predicted octanol–water partition coefficient (Wildman–Crippen LogP) is 2.97. The van der Waals surface area contributed by atoms with Crippen LogP contribution in [0.25, 0.3) is 0 Å². The fourth-order valence-electron chi connectivity index (χ4n) is 2.35. The van der Waals surface area contributed by atoms with E-state index in [4.69, 9.17) is 0 Å². The largest absolute Gasteiger partial charge is 0.309 e. The Bertz CT molecular complexity index is 506. The first-order valence-electron chi connectivity index (χ1n) is 7.26. The van der Waals surface area contributed by atoms with Gasteiger partial charge in [0.05, 0.1) is 5.25 Å². The molecule has 2 unspecified atom stereocenters. The molecule has 0 amide bonds. The van der Waals surface area contributed by atoms with Crippen LogP contribution < -0.4 is 5.32 Å². The third-order valence-corrected chi connectivity index (χ3v) is 5.17. The number of hydrogen-bond donors (Lipinski definition) is 1. The number of hydrogen-bond acceptors (Lipinski definition) is 3. The van der Waals surface area contributed by atoms with Crippen LogP contribution in [0.5, 0.6) is 0 Å². The van der Waals surface area contributed by atoms with Crippen LogP contribution in [0.1, 0.15) is 44.9 Å². The lowest BCUT2D eigenvalue weighted by Gasteiger charge is -2.24. The maximum atomic E-state index is 11.8. The van der Waals surface area contributed by atoms with E-state index in [2.05, 4.69) is 31.3 Å². The standard InChI is InChI=1S/C16H27NO2S/c1-6-17-16(13(4)20(5,18)19)15-9-7-14(8-10-15)11-12(2)3/h7-10,12-13,16-17H,6,11H2,1-5H3. The molecule has 2 atom stereocenters. The smallest absolute Gasteiger partial charge is 0.151 e. The van der Waals surface area contributed by atoms with Crippen LogP contribution in [-0.4, -0.2) is 26.5 Å². The second-order valence-corrected chi connectivity index (χ2v) is 8.31. The normalized spacial score (nSPS) is 15.3. The average Bonchev–Trinajstić information content (AvgIpc) is 2.34. The van der Waals surface area contributed by atoms with Crippen molar-refractivity contribution in [3.63, 3.8) is 0 Å². The second-order valence-electron chi connectivity index (χ2n) is 5.91. The van der Waals surface area contributed by atoms with Crippen molar-refractivity contribution < 1.29 is 8.42 Å². The van der Waals surface area contributed by atoms with Crippen LogP contribution >= 0.6 is 0 Å². The molecule has 1 aromatic carbocycles. The van der Waals surface area contributed by atoms with Crippen LogP contribution in [0, 0.1) is 5.92 Å². The molecule has 1 aromatic rings. The summed E-state index contributed by atoms with van der Waals surface area (Å²) in [5, 5.41) is 2.85.